The van der Waals surface area contributed by atoms with E-state index in [4.69, 9.17) is 5.11 Å². The maximum Gasteiger partial charge on any atom is 0.235 e. The number of aliphatic hydroxyl groups excluding tert-OH is 1. The maximum atomic E-state index is 11.4. The first-order valence-corrected chi connectivity index (χ1v) is 4.41. The molecule has 0 fully saturated rings. The maximum absolute atomic E-state index is 11.4. The van der Waals surface area contributed by atoms with E-state index in [0.717, 1.165) is 0 Å². The van der Waals surface area contributed by atoms with E-state index in [1.807, 2.05) is 0 Å². The quantitative estimate of drug-likeness (QED) is 0.639. The Morgan fingerprint density at radius 2 is 2.08 bits per heavy atom. The van der Waals surface area contributed by atoms with Crippen LogP contribution in [-0.4, -0.2) is 40.4 Å². The Morgan fingerprint density at radius 1 is 1.67 bits per heavy atom. The van der Waals surface area contributed by atoms with Crippen LogP contribution in [0.4, 0.5) is 0 Å². The Hall–Kier alpha value is -0.220. The molecule has 1 atom stereocenters. The van der Waals surface area contributed by atoms with E-state index in [1.165, 1.54) is 4.90 Å². The van der Waals surface area contributed by atoms with Crippen LogP contribution < -0.4 is 0 Å². The first-order chi connectivity index (χ1) is 5.33. The van der Waals surface area contributed by atoms with Crippen molar-refractivity contribution in [3.05, 3.63) is 0 Å². The van der Waals surface area contributed by atoms with Gasteiger partial charge in [-0.1, -0.05) is 0 Å². The average Bonchev–Trinajstić information content (AvgIpc) is 2.01. The van der Waals surface area contributed by atoms with Crippen molar-refractivity contribution in [2.24, 2.45) is 0 Å². The van der Waals surface area contributed by atoms with Crippen molar-refractivity contribution >= 4 is 18.5 Å². The molecule has 0 aromatic rings. The first-order valence-electron chi connectivity index (χ1n) is 3.89. The minimum absolute atomic E-state index is 0.0459. The zero-order valence-electron chi connectivity index (χ0n) is 8.03. The molecule has 72 valence electrons. The summed E-state index contributed by atoms with van der Waals surface area (Å²) in [4.78, 5) is 12.9. The first kappa shape index (κ1) is 11.8. The zero-order valence-corrected chi connectivity index (χ0v) is 8.93. The van der Waals surface area contributed by atoms with E-state index in [1.54, 1.807) is 27.8 Å². The van der Waals surface area contributed by atoms with Gasteiger partial charge in [0.25, 0.3) is 0 Å². The lowest BCUT2D eigenvalue weighted by Crippen LogP contribution is -2.49. The molecule has 0 bridgehead atoms. The molecule has 0 aliphatic carbocycles. The molecule has 3 nitrogen and oxygen atoms in total. The number of thiol groups is 1. The summed E-state index contributed by atoms with van der Waals surface area (Å²) in [6.07, 6.45) is 0. The van der Waals surface area contributed by atoms with Gasteiger partial charge in [0.05, 0.1) is 17.4 Å². The van der Waals surface area contributed by atoms with Gasteiger partial charge in [0.1, 0.15) is 0 Å². The number of likely N-dealkylation sites (N-methyl/N-ethyl adjacent to an activating group) is 1. The number of nitrogens with zero attached hydrogens (tertiary/aromatic N) is 1. The molecule has 1 amide bonds. The second-order valence-electron chi connectivity index (χ2n) is 3.54. The molecule has 12 heavy (non-hydrogen) atoms. The van der Waals surface area contributed by atoms with Gasteiger partial charge in [-0.15, -0.1) is 0 Å². The molecule has 0 aromatic heterocycles. The molecule has 0 saturated carbocycles. The third-order valence-electron chi connectivity index (χ3n) is 1.98. The summed E-state index contributed by atoms with van der Waals surface area (Å²) in [7, 11) is 1.67. The minimum atomic E-state index is -0.506. The topological polar surface area (TPSA) is 40.5 Å². The van der Waals surface area contributed by atoms with E-state index in [9.17, 15) is 4.79 Å². The smallest absolute Gasteiger partial charge is 0.235 e. The van der Waals surface area contributed by atoms with Gasteiger partial charge < -0.3 is 10.0 Å². The van der Waals surface area contributed by atoms with Gasteiger partial charge in [-0.05, 0) is 20.8 Å². The number of amides is 1. The zero-order chi connectivity index (χ0) is 9.94. The molecule has 0 heterocycles. The molecule has 0 rings (SSSR count). The van der Waals surface area contributed by atoms with Crippen LogP contribution in [0.1, 0.15) is 20.8 Å². The summed E-state index contributed by atoms with van der Waals surface area (Å²) in [5, 5.41) is 8.66. The highest BCUT2D eigenvalue weighted by molar-refractivity contribution is 7.81. The van der Waals surface area contributed by atoms with Crippen molar-refractivity contribution in [1.82, 2.24) is 4.90 Å². The summed E-state index contributed by atoms with van der Waals surface area (Å²) in [5.41, 5.74) is -0.506. The number of carbonyl (C=O) groups excluding carboxylic acids is 1. The van der Waals surface area contributed by atoms with Crippen LogP contribution in [0, 0.1) is 0 Å². The fraction of sp³-hybridized carbons (Fsp3) is 0.875. The van der Waals surface area contributed by atoms with Gasteiger partial charge >= 0.3 is 0 Å². The largest absolute Gasteiger partial charge is 0.394 e. The van der Waals surface area contributed by atoms with Gasteiger partial charge in [0.2, 0.25) is 5.91 Å². The molecule has 1 N–H and O–H groups in total. The van der Waals surface area contributed by atoms with Gasteiger partial charge in [0, 0.05) is 7.05 Å². The summed E-state index contributed by atoms with van der Waals surface area (Å²) in [6, 6.07) is 0. The number of aliphatic hydroxyl groups is 1. The Labute approximate surface area is 79.2 Å². The number of hydrogen-bond acceptors (Lipinski definition) is 3. The van der Waals surface area contributed by atoms with Gasteiger partial charge in [-0.2, -0.15) is 12.6 Å². The van der Waals surface area contributed by atoms with E-state index >= 15 is 0 Å². The van der Waals surface area contributed by atoms with Gasteiger partial charge in [-0.25, -0.2) is 0 Å². The fourth-order valence-electron chi connectivity index (χ4n) is 0.685. The minimum Gasteiger partial charge on any atom is -0.394 e. The van der Waals surface area contributed by atoms with E-state index in [2.05, 4.69) is 12.6 Å². The second kappa shape index (κ2) is 4.14. The van der Waals surface area contributed by atoms with Crippen LogP contribution in [0.25, 0.3) is 0 Å². The predicted octanol–water partition coefficient (Wildman–Crippen LogP) is 0.534. The van der Waals surface area contributed by atoms with Crippen molar-refractivity contribution in [2.45, 2.75) is 31.6 Å². The van der Waals surface area contributed by atoms with E-state index in [0.29, 0.717) is 0 Å². The second-order valence-corrected chi connectivity index (χ2v) is 4.32. The highest BCUT2D eigenvalue weighted by Crippen LogP contribution is 2.13. The predicted molar refractivity (Wildman–Crippen MR) is 52.4 cm³/mol. The standard InChI is InChI=1S/C8H17NO2S/c1-6(12)7(11)9(4)8(2,3)5-10/h6,10,12H,5H2,1-4H3. The molecule has 0 aromatic carbocycles. The van der Waals surface area contributed by atoms with Crippen LogP contribution in [0.15, 0.2) is 0 Å². The van der Waals surface area contributed by atoms with Crippen LogP contribution in [0.2, 0.25) is 0 Å². The lowest BCUT2D eigenvalue weighted by atomic mass is 10.0. The molecule has 0 aliphatic rings. The summed E-state index contributed by atoms with van der Waals surface area (Å²) >= 11 is 4.03. The van der Waals surface area contributed by atoms with E-state index < -0.39 is 5.54 Å². The van der Waals surface area contributed by atoms with Crippen LogP contribution in [-0.2, 0) is 4.79 Å². The molecule has 0 aliphatic heterocycles. The third-order valence-corrected chi connectivity index (χ3v) is 2.20. The normalized spacial score (nSPS) is 14.2. The molecular weight excluding hydrogens is 174 g/mol. The van der Waals surface area contributed by atoms with Crippen LogP contribution >= 0.6 is 12.6 Å². The molecule has 0 radical (unpaired) electrons. The Balaban J connectivity index is 4.38. The van der Waals surface area contributed by atoms with E-state index in [-0.39, 0.29) is 17.8 Å². The number of hydrogen-bond donors (Lipinski definition) is 2. The van der Waals surface area contributed by atoms with Crippen LogP contribution in [0.5, 0.6) is 0 Å². The highest BCUT2D eigenvalue weighted by atomic mass is 32.1. The third kappa shape index (κ3) is 2.68. The molecule has 0 spiro atoms. The average molecular weight is 191 g/mol. The van der Waals surface area contributed by atoms with Crippen molar-refractivity contribution in [1.29, 1.82) is 0 Å². The van der Waals surface area contributed by atoms with Crippen molar-refractivity contribution < 1.29 is 9.90 Å². The SMILES string of the molecule is CC(S)C(=O)N(C)C(C)(C)CO. The van der Waals surface area contributed by atoms with Crippen molar-refractivity contribution in [2.75, 3.05) is 13.7 Å². The molecule has 0 saturated heterocycles. The van der Waals surface area contributed by atoms with Crippen molar-refractivity contribution in [3.63, 3.8) is 0 Å². The summed E-state index contributed by atoms with van der Waals surface area (Å²) < 4.78 is 0. The lowest BCUT2D eigenvalue weighted by Gasteiger charge is -2.34. The monoisotopic (exact) mass is 191 g/mol. The molecule has 1 unspecified atom stereocenters. The molecule has 4 heteroatoms. The fourth-order valence-corrected chi connectivity index (χ4v) is 0.858. The Bertz CT molecular complexity index is 168. The number of carbonyl (C=O) groups is 1. The lowest BCUT2D eigenvalue weighted by molar-refractivity contribution is -0.135. The van der Waals surface area contributed by atoms with Gasteiger partial charge in [-0.3, -0.25) is 4.79 Å². The van der Waals surface area contributed by atoms with Crippen LogP contribution in [0.3, 0.4) is 0 Å². The van der Waals surface area contributed by atoms with Crippen molar-refractivity contribution in [3.8, 4) is 0 Å². The highest BCUT2D eigenvalue weighted by Gasteiger charge is 2.28. The molecular formula is C8H17NO2S. The summed E-state index contributed by atoms with van der Waals surface area (Å²) in [5.74, 6) is -0.0719. The van der Waals surface area contributed by atoms with Gasteiger partial charge in [0.15, 0.2) is 0 Å². The summed E-state index contributed by atoms with van der Waals surface area (Å²) in [6.45, 7) is 5.28. The Morgan fingerprint density at radius 3 is 2.33 bits per heavy atom. The number of rotatable bonds is 3. The Kier molecular flexibility index (Phi) is 4.06.